The van der Waals surface area contributed by atoms with Crippen LogP contribution >= 0.6 is 0 Å². The van der Waals surface area contributed by atoms with E-state index >= 15 is 0 Å². The first-order valence-corrected chi connectivity index (χ1v) is 22.0. The summed E-state index contributed by atoms with van der Waals surface area (Å²) in [4.78, 5) is 23.2. The topological polar surface area (TPSA) is 64.0 Å². The lowest BCUT2D eigenvalue weighted by atomic mass is 9.70. The molecule has 0 saturated carbocycles. The second-order valence-electron chi connectivity index (χ2n) is 16.9. The van der Waals surface area contributed by atoms with E-state index in [1.54, 1.807) is 0 Å². The minimum Gasteiger partial charge on any atom is -0.452 e. The van der Waals surface area contributed by atoms with Gasteiger partial charge in [-0.3, -0.25) is 9.97 Å². The van der Waals surface area contributed by atoms with E-state index in [1.807, 2.05) is 36.7 Å². The second kappa shape index (κ2) is 13.6. The lowest BCUT2D eigenvalue weighted by molar-refractivity contribution is 0.478. The fraction of sp³-hybridized carbons (Fsp3) is 0.0169. The summed E-state index contributed by atoms with van der Waals surface area (Å²) in [5.41, 5.74) is 16.9. The molecule has 11 aromatic rings. The summed E-state index contributed by atoms with van der Waals surface area (Å²) in [7, 11) is 0. The monoisotopic (exact) mass is 829 g/mol. The first kappa shape index (κ1) is 35.8. The molecule has 0 radical (unpaired) electrons. The molecule has 6 nitrogen and oxygen atoms in total. The van der Waals surface area contributed by atoms with Crippen molar-refractivity contribution < 1.29 is 4.74 Å². The van der Waals surface area contributed by atoms with Crippen LogP contribution in [0.25, 0.3) is 78.0 Å². The van der Waals surface area contributed by atoms with Gasteiger partial charge in [0, 0.05) is 51.3 Å². The predicted octanol–water partition coefficient (Wildman–Crippen LogP) is 14.5. The van der Waals surface area contributed by atoms with Gasteiger partial charge >= 0.3 is 0 Å². The molecule has 2 aliphatic carbocycles. The molecule has 65 heavy (non-hydrogen) atoms. The molecule has 6 heteroatoms. The van der Waals surface area contributed by atoms with Crippen molar-refractivity contribution in [2.24, 2.45) is 0 Å². The Bertz CT molecular complexity index is 3780. The molecule has 3 aromatic heterocycles. The van der Waals surface area contributed by atoms with Gasteiger partial charge in [0.15, 0.2) is 17.3 Å². The fourth-order valence-corrected chi connectivity index (χ4v) is 10.9. The summed E-state index contributed by atoms with van der Waals surface area (Å²) in [5, 5.41) is 3.20. The van der Waals surface area contributed by atoms with Crippen LogP contribution in [-0.2, 0) is 5.41 Å². The van der Waals surface area contributed by atoms with E-state index in [4.69, 9.17) is 24.7 Å². The van der Waals surface area contributed by atoms with Crippen molar-refractivity contribution in [3.8, 4) is 67.8 Å². The first-order chi connectivity index (χ1) is 32.3. The summed E-state index contributed by atoms with van der Waals surface area (Å²) >= 11 is 0. The average Bonchev–Trinajstić information content (AvgIpc) is 3.85. The standard InChI is InChI=1S/C59H35N5O/c1-3-16-36(17-4-1)54-44-23-10-12-26-49(44)62-58(63-54)42-30-29-39(40-20-7-8-21-41(40)42)37-34-48-56(61-35-37)55-47(25-15-33-60-55)59(48)45-24-11-9-22-43(45)53-46(59)31-32-51-57(53)65-52-28-14-13-27-50(52)64(51)38-18-5-2-6-19-38/h1-35H. The Hall–Kier alpha value is -8.74. The van der Waals surface area contributed by atoms with Crippen LogP contribution in [-0.4, -0.2) is 19.9 Å². The number of pyridine rings is 2. The summed E-state index contributed by atoms with van der Waals surface area (Å²) in [5.74, 6) is 2.34. The number of fused-ring (bicyclic) bond motifs is 15. The van der Waals surface area contributed by atoms with Gasteiger partial charge < -0.3 is 9.64 Å². The third-order valence-electron chi connectivity index (χ3n) is 13.6. The lowest BCUT2D eigenvalue weighted by Crippen LogP contribution is -2.26. The number of benzene rings is 8. The van der Waals surface area contributed by atoms with Crippen LogP contribution in [0, 0.1) is 0 Å². The summed E-state index contributed by atoms with van der Waals surface area (Å²) in [6.07, 6.45) is 3.90. The van der Waals surface area contributed by atoms with Crippen molar-refractivity contribution in [3.63, 3.8) is 0 Å². The number of para-hydroxylation sites is 4. The summed E-state index contributed by atoms with van der Waals surface area (Å²) in [6.45, 7) is 0. The number of hydrogen-bond donors (Lipinski definition) is 0. The van der Waals surface area contributed by atoms with Gasteiger partial charge in [-0.1, -0.05) is 146 Å². The highest BCUT2D eigenvalue weighted by atomic mass is 16.5. The van der Waals surface area contributed by atoms with Crippen molar-refractivity contribution in [2.75, 3.05) is 4.90 Å². The van der Waals surface area contributed by atoms with Gasteiger partial charge in [-0.05, 0) is 93.2 Å². The SMILES string of the molecule is c1ccc(-c2nc(-c3ccc(-c4cnc5c(c4)C4(c6ccccc6-c6c4ccc4c6Oc6ccccc6N4c4ccccc4)c4cccnc4-5)c4ccccc34)nc3ccccc23)cc1. The van der Waals surface area contributed by atoms with E-state index in [-0.39, 0.29) is 0 Å². The van der Waals surface area contributed by atoms with Crippen LogP contribution in [0.1, 0.15) is 22.3 Å². The Balaban J connectivity index is 0.983. The van der Waals surface area contributed by atoms with Crippen molar-refractivity contribution in [1.29, 1.82) is 0 Å². The molecule has 0 saturated heterocycles. The van der Waals surface area contributed by atoms with Gasteiger partial charge in [-0.2, -0.15) is 0 Å². The van der Waals surface area contributed by atoms with Crippen molar-refractivity contribution >= 4 is 38.7 Å². The van der Waals surface area contributed by atoms with Crippen LogP contribution in [0.3, 0.4) is 0 Å². The van der Waals surface area contributed by atoms with Crippen molar-refractivity contribution in [3.05, 3.63) is 235 Å². The Morgan fingerprint density at radius 3 is 2.00 bits per heavy atom. The molecule has 1 unspecified atom stereocenters. The molecule has 0 fully saturated rings. The molecule has 0 bridgehead atoms. The predicted molar refractivity (Wildman–Crippen MR) is 260 cm³/mol. The Morgan fingerprint density at radius 1 is 0.431 bits per heavy atom. The second-order valence-corrected chi connectivity index (χ2v) is 16.9. The Labute approximate surface area is 374 Å². The molecule has 14 rings (SSSR count). The highest BCUT2D eigenvalue weighted by Gasteiger charge is 2.54. The molecule has 8 aromatic carbocycles. The Kier molecular flexibility index (Phi) is 7.51. The zero-order valence-electron chi connectivity index (χ0n) is 34.9. The van der Waals surface area contributed by atoms with Gasteiger partial charge in [-0.25, -0.2) is 9.97 Å². The largest absolute Gasteiger partial charge is 0.452 e. The van der Waals surface area contributed by atoms with Crippen molar-refractivity contribution in [1.82, 2.24) is 19.9 Å². The van der Waals surface area contributed by atoms with E-state index in [9.17, 15) is 0 Å². The molecule has 0 amide bonds. The number of ether oxygens (including phenoxy) is 1. The molecule has 4 heterocycles. The zero-order chi connectivity index (χ0) is 42.6. The van der Waals surface area contributed by atoms with E-state index in [0.29, 0.717) is 5.82 Å². The van der Waals surface area contributed by atoms with E-state index in [0.717, 1.165) is 117 Å². The third kappa shape index (κ3) is 4.99. The number of anilines is 3. The van der Waals surface area contributed by atoms with Crippen LogP contribution < -0.4 is 9.64 Å². The minimum atomic E-state index is -0.705. The van der Waals surface area contributed by atoms with Gasteiger partial charge in [0.25, 0.3) is 0 Å². The molecule has 1 aliphatic heterocycles. The number of rotatable bonds is 4. The van der Waals surface area contributed by atoms with E-state index in [2.05, 4.69) is 181 Å². The Morgan fingerprint density at radius 2 is 1.12 bits per heavy atom. The lowest BCUT2D eigenvalue weighted by Gasteiger charge is -2.35. The molecular weight excluding hydrogens is 795 g/mol. The molecule has 1 spiro atoms. The van der Waals surface area contributed by atoms with Crippen LogP contribution in [0.2, 0.25) is 0 Å². The normalized spacial score (nSPS) is 14.9. The van der Waals surface area contributed by atoms with Gasteiger partial charge in [0.05, 0.1) is 39.4 Å². The van der Waals surface area contributed by atoms with Crippen molar-refractivity contribution in [2.45, 2.75) is 5.41 Å². The van der Waals surface area contributed by atoms with E-state index < -0.39 is 5.41 Å². The maximum Gasteiger partial charge on any atom is 0.161 e. The first-order valence-electron chi connectivity index (χ1n) is 22.0. The minimum absolute atomic E-state index is 0.691. The van der Waals surface area contributed by atoms with Crippen LogP contribution in [0.5, 0.6) is 11.5 Å². The molecule has 0 N–H and O–H groups in total. The molecular formula is C59H35N5O. The fourth-order valence-electron chi connectivity index (χ4n) is 10.9. The quantitative estimate of drug-likeness (QED) is 0.176. The molecule has 1 atom stereocenters. The van der Waals surface area contributed by atoms with Gasteiger partial charge in [0.1, 0.15) is 0 Å². The zero-order valence-corrected chi connectivity index (χ0v) is 34.9. The highest BCUT2D eigenvalue weighted by molar-refractivity contribution is 6.06. The average molecular weight is 830 g/mol. The smallest absolute Gasteiger partial charge is 0.161 e. The van der Waals surface area contributed by atoms with Gasteiger partial charge in [-0.15, -0.1) is 0 Å². The third-order valence-corrected chi connectivity index (χ3v) is 13.6. The van der Waals surface area contributed by atoms with Crippen LogP contribution in [0.4, 0.5) is 17.1 Å². The number of hydrogen-bond acceptors (Lipinski definition) is 6. The van der Waals surface area contributed by atoms with E-state index in [1.165, 1.54) is 5.56 Å². The summed E-state index contributed by atoms with van der Waals surface area (Å²) in [6, 6.07) is 70.5. The number of aromatic nitrogens is 4. The number of nitrogens with zero attached hydrogens (tertiary/aromatic N) is 5. The molecule has 302 valence electrons. The van der Waals surface area contributed by atoms with Crippen LogP contribution in [0.15, 0.2) is 213 Å². The molecule has 3 aliphatic rings. The highest BCUT2D eigenvalue weighted by Crippen LogP contribution is 2.66. The maximum absolute atomic E-state index is 7.07. The maximum atomic E-state index is 7.07. The van der Waals surface area contributed by atoms with Gasteiger partial charge in [0.2, 0.25) is 0 Å². The summed E-state index contributed by atoms with van der Waals surface area (Å²) < 4.78 is 7.07.